The molecule has 1 N–H and O–H groups in total. The number of carbonyl (C=O) groups is 1. The second-order valence-electron chi connectivity index (χ2n) is 5.89. The Morgan fingerprint density at radius 1 is 1.00 bits per heavy atom. The van der Waals surface area contributed by atoms with Crippen LogP contribution >= 0.6 is 11.6 Å². The molecule has 0 atom stereocenters. The van der Waals surface area contributed by atoms with Crippen molar-refractivity contribution in [2.45, 2.75) is 6.54 Å². The molecule has 0 aliphatic carbocycles. The lowest BCUT2D eigenvalue weighted by Crippen LogP contribution is -2.30. The van der Waals surface area contributed by atoms with E-state index in [2.05, 4.69) is 5.32 Å². The second-order valence-corrected chi connectivity index (χ2v) is 6.30. The molecule has 1 heterocycles. The van der Waals surface area contributed by atoms with Crippen LogP contribution in [0.4, 0.5) is 0 Å². The topological polar surface area (TPSA) is 60.3 Å². The minimum absolute atomic E-state index is 0.195. The molecule has 27 heavy (non-hydrogen) atoms. The summed E-state index contributed by atoms with van der Waals surface area (Å²) in [6, 6.07) is 19.6. The predicted octanol–water partition coefficient (Wildman–Crippen LogP) is 3.36. The number of aromatic nitrogens is 1. The summed E-state index contributed by atoms with van der Waals surface area (Å²) in [5.41, 5.74) is 1.02. The first-order chi connectivity index (χ1) is 13.1. The number of rotatable bonds is 7. The van der Waals surface area contributed by atoms with Crippen LogP contribution in [0, 0.1) is 0 Å². The standard InChI is InChI=1S/C21H19ClN2O3/c22-19-9-5-4-6-16(19)14-24-15-17(10-11-20(24)25)21(26)23-12-13-27-18-7-2-1-3-8-18/h1-11,15H,12-14H2,(H,23,26). The van der Waals surface area contributed by atoms with Gasteiger partial charge in [-0.3, -0.25) is 9.59 Å². The first kappa shape index (κ1) is 18.7. The summed E-state index contributed by atoms with van der Waals surface area (Å²) in [5, 5.41) is 3.37. The first-order valence-electron chi connectivity index (χ1n) is 8.53. The van der Waals surface area contributed by atoms with Crippen molar-refractivity contribution in [3.63, 3.8) is 0 Å². The molecule has 5 nitrogen and oxygen atoms in total. The molecular formula is C21H19ClN2O3. The molecule has 2 aromatic carbocycles. The number of pyridine rings is 1. The van der Waals surface area contributed by atoms with Crippen LogP contribution in [0.2, 0.25) is 5.02 Å². The Morgan fingerprint density at radius 3 is 2.52 bits per heavy atom. The van der Waals surface area contributed by atoms with E-state index in [0.29, 0.717) is 30.3 Å². The zero-order chi connectivity index (χ0) is 19.1. The number of hydrogen-bond acceptors (Lipinski definition) is 3. The molecule has 0 saturated carbocycles. The van der Waals surface area contributed by atoms with E-state index in [4.69, 9.17) is 16.3 Å². The van der Waals surface area contributed by atoms with Crippen LogP contribution in [0.25, 0.3) is 0 Å². The Hall–Kier alpha value is -3.05. The Morgan fingerprint density at radius 2 is 1.74 bits per heavy atom. The van der Waals surface area contributed by atoms with Crippen LogP contribution in [0.5, 0.6) is 5.75 Å². The maximum atomic E-state index is 12.3. The fourth-order valence-corrected chi connectivity index (χ4v) is 2.75. The highest BCUT2D eigenvalue weighted by Crippen LogP contribution is 2.15. The molecule has 0 bridgehead atoms. The van der Waals surface area contributed by atoms with Gasteiger partial charge in [-0.1, -0.05) is 48.0 Å². The van der Waals surface area contributed by atoms with Crippen molar-refractivity contribution < 1.29 is 9.53 Å². The molecule has 3 aromatic rings. The molecule has 0 saturated heterocycles. The van der Waals surface area contributed by atoms with Gasteiger partial charge in [-0.05, 0) is 29.8 Å². The SMILES string of the molecule is O=C(NCCOc1ccccc1)c1ccc(=O)n(Cc2ccccc2Cl)c1. The number of hydrogen-bond donors (Lipinski definition) is 1. The maximum Gasteiger partial charge on any atom is 0.252 e. The van der Waals surface area contributed by atoms with E-state index in [1.165, 1.54) is 16.7 Å². The van der Waals surface area contributed by atoms with E-state index in [-0.39, 0.29) is 11.5 Å². The van der Waals surface area contributed by atoms with E-state index in [9.17, 15) is 9.59 Å². The smallest absolute Gasteiger partial charge is 0.252 e. The predicted molar refractivity (Wildman–Crippen MR) is 106 cm³/mol. The maximum absolute atomic E-state index is 12.3. The summed E-state index contributed by atoms with van der Waals surface area (Å²) >= 11 is 6.16. The van der Waals surface area contributed by atoms with Crippen molar-refractivity contribution in [2.75, 3.05) is 13.2 Å². The van der Waals surface area contributed by atoms with Crippen LogP contribution in [0.15, 0.2) is 77.7 Å². The van der Waals surface area contributed by atoms with Crippen LogP contribution in [-0.4, -0.2) is 23.6 Å². The van der Waals surface area contributed by atoms with Crippen molar-refractivity contribution in [1.29, 1.82) is 0 Å². The highest BCUT2D eigenvalue weighted by atomic mass is 35.5. The molecule has 0 spiro atoms. The van der Waals surface area contributed by atoms with Gasteiger partial charge in [-0.2, -0.15) is 0 Å². The summed E-state index contributed by atoms with van der Waals surface area (Å²) < 4.78 is 7.01. The summed E-state index contributed by atoms with van der Waals surface area (Å²) in [6.45, 7) is 1.02. The third-order valence-corrected chi connectivity index (χ3v) is 4.31. The van der Waals surface area contributed by atoms with Crippen LogP contribution in [0.1, 0.15) is 15.9 Å². The van der Waals surface area contributed by atoms with Crippen LogP contribution in [-0.2, 0) is 6.54 Å². The highest BCUT2D eigenvalue weighted by Gasteiger charge is 2.09. The molecule has 3 rings (SSSR count). The number of halogens is 1. The second kappa shape index (κ2) is 9.05. The minimum atomic E-state index is -0.264. The molecule has 0 aliphatic rings. The van der Waals surface area contributed by atoms with Gasteiger partial charge in [0, 0.05) is 17.3 Å². The lowest BCUT2D eigenvalue weighted by molar-refractivity contribution is 0.0946. The number of para-hydroxylation sites is 1. The summed E-state index contributed by atoms with van der Waals surface area (Å²) in [4.78, 5) is 24.4. The van der Waals surface area contributed by atoms with Crippen LogP contribution in [0.3, 0.4) is 0 Å². The number of benzene rings is 2. The Bertz CT molecular complexity index is 970. The highest BCUT2D eigenvalue weighted by molar-refractivity contribution is 6.31. The van der Waals surface area contributed by atoms with Gasteiger partial charge in [0.25, 0.3) is 11.5 Å². The molecule has 138 valence electrons. The van der Waals surface area contributed by atoms with Gasteiger partial charge in [0.15, 0.2) is 0 Å². The zero-order valence-corrected chi connectivity index (χ0v) is 15.4. The van der Waals surface area contributed by atoms with Crippen molar-refractivity contribution >= 4 is 17.5 Å². The van der Waals surface area contributed by atoms with Gasteiger partial charge >= 0.3 is 0 Å². The molecule has 0 aliphatic heterocycles. The normalized spacial score (nSPS) is 10.4. The summed E-state index contributed by atoms with van der Waals surface area (Å²) in [5.74, 6) is 0.486. The van der Waals surface area contributed by atoms with Crippen molar-refractivity contribution in [1.82, 2.24) is 9.88 Å². The number of amides is 1. The quantitative estimate of drug-likeness (QED) is 0.637. The van der Waals surface area contributed by atoms with E-state index in [1.807, 2.05) is 48.5 Å². The molecule has 1 amide bonds. The van der Waals surface area contributed by atoms with E-state index in [1.54, 1.807) is 12.3 Å². The van der Waals surface area contributed by atoms with Gasteiger partial charge in [-0.25, -0.2) is 0 Å². The van der Waals surface area contributed by atoms with Gasteiger partial charge in [0.1, 0.15) is 12.4 Å². The Kier molecular flexibility index (Phi) is 6.28. The monoisotopic (exact) mass is 382 g/mol. The average Bonchev–Trinajstić information content (AvgIpc) is 2.69. The lowest BCUT2D eigenvalue weighted by Gasteiger charge is -2.10. The number of ether oxygens (including phenoxy) is 1. The van der Waals surface area contributed by atoms with E-state index < -0.39 is 0 Å². The van der Waals surface area contributed by atoms with Gasteiger partial charge in [-0.15, -0.1) is 0 Å². The summed E-state index contributed by atoms with van der Waals surface area (Å²) in [7, 11) is 0. The molecule has 0 radical (unpaired) electrons. The average molecular weight is 383 g/mol. The van der Waals surface area contributed by atoms with Gasteiger partial charge in [0.2, 0.25) is 0 Å². The summed E-state index contributed by atoms with van der Waals surface area (Å²) in [6.07, 6.45) is 1.54. The third kappa shape index (κ3) is 5.21. The number of nitrogens with one attached hydrogen (secondary N) is 1. The number of carbonyl (C=O) groups excluding carboxylic acids is 1. The lowest BCUT2D eigenvalue weighted by atomic mass is 10.2. The van der Waals surface area contributed by atoms with Crippen molar-refractivity contribution in [3.05, 3.63) is 99.4 Å². The number of nitrogens with zero attached hydrogens (tertiary/aromatic N) is 1. The third-order valence-electron chi connectivity index (χ3n) is 3.94. The minimum Gasteiger partial charge on any atom is -0.492 e. The fourth-order valence-electron chi connectivity index (χ4n) is 2.55. The first-order valence-corrected chi connectivity index (χ1v) is 8.91. The van der Waals surface area contributed by atoms with Gasteiger partial charge < -0.3 is 14.6 Å². The Balaban J connectivity index is 1.60. The Labute approximate surface area is 162 Å². The van der Waals surface area contributed by atoms with E-state index in [0.717, 1.165) is 11.3 Å². The molecular weight excluding hydrogens is 364 g/mol. The van der Waals surface area contributed by atoms with E-state index >= 15 is 0 Å². The molecule has 0 fully saturated rings. The molecule has 0 unspecified atom stereocenters. The van der Waals surface area contributed by atoms with Crippen molar-refractivity contribution in [3.8, 4) is 5.75 Å². The van der Waals surface area contributed by atoms with Crippen molar-refractivity contribution in [2.24, 2.45) is 0 Å². The fraction of sp³-hybridized carbons (Fsp3) is 0.143. The largest absolute Gasteiger partial charge is 0.492 e. The van der Waals surface area contributed by atoms with Gasteiger partial charge in [0.05, 0.1) is 18.7 Å². The molecule has 6 heteroatoms. The van der Waals surface area contributed by atoms with Crippen LogP contribution < -0.4 is 15.6 Å². The molecule has 1 aromatic heterocycles. The zero-order valence-electron chi connectivity index (χ0n) is 14.6.